The first-order valence-corrected chi connectivity index (χ1v) is 7.11. The number of amides is 2. The number of urea groups is 1. The monoisotopic (exact) mass is 275 g/mol. The van der Waals surface area contributed by atoms with Crippen molar-refractivity contribution in [3.8, 4) is 0 Å². The van der Waals surface area contributed by atoms with Gasteiger partial charge < -0.3 is 15.8 Å². The molecule has 0 aliphatic carbocycles. The van der Waals surface area contributed by atoms with Gasteiger partial charge in [-0.25, -0.2) is 4.79 Å². The van der Waals surface area contributed by atoms with E-state index in [1.54, 1.807) is 0 Å². The van der Waals surface area contributed by atoms with Crippen LogP contribution in [0.25, 0.3) is 0 Å². The van der Waals surface area contributed by atoms with Gasteiger partial charge in [0, 0.05) is 38.7 Å². The van der Waals surface area contributed by atoms with Crippen molar-refractivity contribution in [3.63, 3.8) is 0 Å². The molecular weight excluding hydrogens is 254 g/mol. The largest absolute Gasteiger partial charge is 0.371 e. The highest BCUT2D eigenvalue weighted by molar-refractivity contribution is 5.71. The zero-order valence-electron chi connectivity index (χ0n) is 11.5. The van der Waals surface area contributed by atoms with E-state index < -0.39 is 6.03 Å². The van der Waals surface area contributed by atoms with Gasteiger partial charge in [0.2, 0.25) is 0 Å². The van der Waals surface area contributed by atoms with Gasteiger partial charge in [-0.15, -0.1) is 0 Å². The van der Waals surface area contributed by atoms with Crippen molar-refractivity contribution in [2.24, 2.45) is 11.7 Å². The fourth-order valence-corrected chi connectivity index (χ4v) is 3.42. The number of nitrogens with one attached hydrogen (secondary N) is 1. The highest BCUT2D eigenvalue weighted by Crippen LogP contribution is 2.39. The van der Waals surface area contributed by atoms with E-state index in [0.717, 1.165) is 32.7 Å². The molecule has 2 fully saturated rings. The van der Waals surface area contributed by atoms with Crippen molar-refractivity contribution in [2.45, 2.75) is 18.6 Å². The second-order valence-corrected chi connectivity index (χ2v) is 5.77. The van der Waals surface area contributed by atoms with Crippen LogP contribution in [-0.2, 0) is 11.3 Å². The van der Waals surface area contributed by atoms with Crippen LogP contribution in [0.2, 0.25) is 0 Å². The Bertz CT molecular complexity index is 479. The van der Waals surface area contributed by atoms with Gasteiger partial charge in [0.05, 0.1) is 0 Å². The Labute approximate surface area is 119 Å². The fraction of sp³-hybridized carbons (Fsp3) is 0.533. The lowest BCUT2D eigenvalue weighted by Crippen LogP contribution is -2.49. The third kappa shape index (κ3) is 2.64. The van der Waals surface area contributed by atoms with E-state index in [2.05, 4.69) is 34.5 Å². The highest BCUT2D eigenvalue weighted by Gasteiger charge is 2.50. The second kappa shape index (κ2) is 5.42. The molecule has 2 aliphatic heterocycles. The Hall–Kier alpha value is -1.59. The van der Waals surface area contributed by atoms with E-state index in [0.29, 0.717) is 12.5 Å². The summed E-state index contributed by atoms with van der Waals surface area (Å²) in [6.45, 7) is 4.10. The molecule has 2 amide bonds. The smallest absolute Gasteiger partial charge is 0.312 e. The third-order valence-corrected chi connectivity index (χ3v) is 4.38. The zero-order chi connectivity index (χ0) is 14.0. The number of carbonyl (C=O) groups is 1. The van der Waals surface area contributed by atoms with Gasteiger partial charge >= 0.3 is 6.03 Å². The van der Waals surface area contributed by atoms with E-state index in [9.17, 15) is 4.79 Å². The van der Waals surface area contributed by atoms with Crippen LogP contribution in [0.5, 0.6) is 0 Å². The fourth-order valence-electron chi connectivity index (χ4n) is 3.42. The van der Waals surface area contributed by atoms with Crippen LogP contribution in [0.1, 0.15) is 12.0 Å². The first kappa shape index (κ1) is 13.4. The molecule has 0 spiro atoms. The van der Waals surface area contributed by atoms with Crippen molar-refractivity contribution in [1.29, 1.82) is 0 Å². The third-order valence-electron chi connectivity index (χ3n) is 4.38. The number of carbonyl (C=O) groups excluding carboxylic acids is 1. The lowest BCUT2D eigenvalue weighted by atomic mass is 9.91. The predicted octanol–water partition coefficient (Wildman–Crippen LogP) is 0.946. The molecule has 3 N–H and O–H groups in total. The molecule has 2 heterocycles. The minimum absolute atomic E-state index is 0.246. The molecule has 1 aromatic rings. The number of rotatable bonds is 4. The maximum absolute atomic E-state index is 11.0. The van der Waals surface area contributed by atoms with Crippen molar-refractivity contribution in [3.05, 3.63) is 35.9 Å². The molecule has 20 heavy (non-hydrogen) atoms. The molecule has 5 nitrogen and oxygen atoms in total. The molecule has 2 saturated heterocycles. The summed E-state index contributed by atoms with van der Waals surface area (Å²) in [5, 5.41) is 2.72. The second-order valence-electron chi connectivity index (χ2n) is 5.77. The first-order chi connectivity index (χ1) is 9.68. The minimum Gasteiger partial charge on any atom is -0.371 e. The van der Waals surface area contributed by atoms with Gasteiger partial charge in [0.15, 0.2) is 0 Å². The van der Waals surface area contributed by atoms with Crippen molar-refractivity contribution >= 4 is 6.03 Å². The summed E-state index contributed by atoms with van der Waals surface area (Å²) in [5.41, 5.74) is 6.25. The van der Waals surface area contributed by atoms with Crippen molar-refractivity contribution in [1.82, 2.24) is 10.2 Å². The van der Waals surface area contributed by atoms with E-state index in [1.165, 1.54) is 5.56 Å². The molecule has 2 unspecified atom stereocenters. The first-order valence-electron chi connectivity index (χ1n) is 7.11. The van der Waals surface area contributed by atoms with Crippen LogP contribution in [0.3, 0.4) is 0 Å². The van der Waals surface area contributed by atoms with Crippen LogP contribution >= 0.6 is 0 Å². The van der Waals surface area contributed by atoms with Crippen molar-refractivity contribution < 1.29 is 9.53 Å². The summed E-state index contributed by atoms with van der Waals surface area (Å²) in [5.74, 6) is 0.484. The summed E-state index contributed by atoms with van der Waals surface area (Å²) >= 11 is 0. The number of nitrogens with zero attached hydrogens (tertiary/aromatic N) is 1. The van der Waals surface area contributed by atoms with Crippen molar-refractivity contribution in [2.75, 3.05) is 26.2 Å². The Morgan fingerprint density at radius 1 is 1.45 bits per heavy atom. The molecule has 108 valence electrons. The van der Waals surface area contributed by atoms with Gasteiger partial charge in [-0.05, 0) is 12.0 Å². The number of fused-ring (bicyclic) bond motifs is 1. The van der Waals surface area contributed by atoms with Gasteiger partial charge in [0.1, 0.15) is 5.60 Å². The average Bonchev–Trinajstić information content (AvgIpc) is 2.94. The lowest BCUT2D eigenvalue weighted by molar-refractivity contribution is -0.00291. The number of hydrogen-bond acceptors (Lipinski definition) is 3. The number of nitrogens with two attached hydrogens (primary N) is 1. The van der Waals surface area contributed by atoms with Gasteiger partial charge in [-0.1, -0.05) is 30.3 Å². The number of hydrogen-bond donors (Lipinski definition) is 2. The average molecular weight is 275 g/mol. The molecule has 0 saturated carbocycles. The topological polar surface area (TPSA) is 67.6 Å². The van der Waals surface area contributed by atoms with Gasteiger partial charge in [-0.3, -0.25) is 4.90 Å². The maximum atomic E-state index is 11.0. The molecule has 1 aromatic carbocycles. The predicted molar refractivity (Wildman–Crippen MR) is 76.1 cm³/mol. The normalized spacial score (nSPS) is 29.3. The summed E-state index contributed by atoms with van der Waals surface area (Å²) in [6, 6.07) is 9.96. The highest BCUT2D eigenvalue weighted by atomic mass is 16.5. The summed E-state index contributed by atoms with van der Waals surface area (Å²) in [6.07, 6.45) is 1.06. The number of ether oxygens (including phenoxy) is 1. The number of primary amides is 1. The Morgan fingerprint density at radius 2 is 2.25 bits per heavy atom. The Kier molecular flexibility index (Phi) is 3.63. The van der Waals surface area contributed by atoms with E-state index in [-0.39, 0.29) is 5.60 Å². The number of likely N-dealkylation sites (tertiary alicyclic amines) is 1. The van der Waals surface area contributed by atoms with Gasteiger partial charge in [0.25, 0.3) is 0 Å². The summed E-state index contributed by atoms with van der Waals surface area (Å²) in [7, 11) is 0. The molecule has 2 atom stereocenters. The van der Waals surface area contributed by atoms with Gasteiger partial charge in [-0.2, -0.15) is 0 Å². The zero-order valence-corrected chi connectivity index (χ0v) is 11.5. The molecule has 0 aromatic heterocycles. The quantitative estimate of drug-likeness (QED) is 0.859. The van der Waals surface area contributed by atoms with Crippen LogP contribution in [-0.4, -0.2) is 42.8 Å². The van der Waals surface area contributed by atoms with Crippen LogP contribution in [0, 0.1) is 5.92 Å². The van der Waals surface area contributed by atoms with Crippen LogP contribution in [0.15, 0.2) is 30.3 Å². The standard InChI is InChI=1S/C15H21N3O2/c16-14(19)17-10-15-11-18(9-13(15)6-7-20-15)8-12-4-2-1-3-5-12/h1-5,13H,6-11H2,(H3,16,17,19). The molecule has 0 radical (unpaired) electrons. The molecule has 0 bridgehead atoms. The maximum Gasteiger partial charge on any atom is 0.312 e. The summed E-state index contributed by atoms with van der Waals surface area (Å²) in [4.78, 5) is 13.4. The SMILES string of the molecule is NC(=O)NCC12CN(Cc3ccccc3)CC1CCO2. The molecular formula is C15H21N3O2. The van der Waals surface area contributed by atoms with Crippen LogP contribution < -0.4 is 11.1 Å². The number of benzene rings is 1. The molecule has 2 aliphatic rings. The van der Waals surface area contributed by atoms with Crippen LogP contribution in [0.4, 0.5) is 4.79 Å². The Morgan fingerprint density at radius 3 is 3.00 bits per heavy atom. The molecule has 5 heteroatoms. The minimum atomic E-state index is -0.477. The summed E-state index contributed by atoms with van der Waals surface area (Å²) < 4.78 is 5.97. The van der Waals surface area contributed by atoms with E-state index in [1.807, 2.05) is 6.07 Å². The Balaban J connectivity index is 1.65. The van der Waals surface area contributed by atoms with E-state index in [4.69, 9.17) is 10.5 Å². The lowest BCUT2D eigenvalue weighted by Gasteiger charge is -2.28. The van der Waals surface area contributed by atoms with E-state index >= 15 is 0 Å². The molecule has 3 rings (SSSR count).